The molecule has 1 aromatic carbocycles. The maximum absolute atomic E-state index is 10.9. The van der Waals surface area contributed by atoms with Crippen molar-refractivity contribution < 1.29 is 120 Å². The molecule has 70 heavy (non-hydrogen) atoms. The molecule has 4 fully saturated rings. The van der Waals surface area contributed by atoms with Crippen LogP contribution in [0.3, 0.4) is 0 Å². The zero-order chi connectivity index (χ0) is 51.5. The van der Waals surface area contributed by atoms with Crippen molar-refractivity contribution in [2.24, 2.45) is 10.8 Å². The van der Waals surface area contributed by atoms with Gasteiger partial charge < -0.3 is 120 Å². The van der Waals surface area contributed by atoms with E-state index >= 15 is 0 Å². The van der Waals surface area contributed by atoms with Gasteiger partial charge in [0.05, 0.1) is 52.9 Å². The van der Waals surface area contributed by atoms with E-state index in [1.54, 1.807) is 0 Å². The van der Waals surface area contributed by atoms with Crippen molar-refractivity contribution in [3.8, 4) is 0 Å². The van der Waals surface area contributed by atoms with Gasteiger partial charge in [0.2, 0.25) is 0 Å². The summed E-state index contributed by atoms with van der Waals surface area (Å²) in [5, 5.41) is 166. The summed E-state index contributed by atoms with van der Waals surface area (Å²) in [6, 6.07) is 7.27. The Bertz CT molecular complexity index is 1440. The SMILES string of the molecule is CCCCC(CO[C@@H]1OC(CO)[C@@H](O)[C@H](O)C1O)(CO[C@@H]1OC(CO)[C@@H](O)[C@H](O)C1O)Cc1ccc(CC(CCCC)(CO[C@@H]2OC(CO)[C@@H](O)[C@H](O)C2O)CO[C@@H]2OC(CO)[C@@H](O)[C@H](O)C2O)cc1. The fraction of sp³-hybridized carbons (Fsp3) is 0.870. The molecule has 16 N–H and O–H groups in total. The van der Waals surface area contributed by atoms with Crippen molar-refractivity contribution >= 4 is 0 Å². The minimum atomic E-state index is -1.73. The van der Waals surface area contributed by atoms with Gasteiger partial charge in [0, 0.05) is 10.8 Å². The highest BCUT2D eigenvalue weighted by atomic mass is 16.7. The zero-order valence-electron chi connectivity index (χ0n) is 39.6. The van der Waals surface area contributed by atoms with E-state index < -0.39 is 160 Å². The lowest BCUT2D eigenvalue weighted by molar-refractivity contribution is -0.318. The van der Waals surface area contributed by atoms with Crippen molar-refractivity contribution in [1.29, 1.82) is 0 Å². The molecule has 0 spiro atoms. The molecule has 406 valence electrons. The Morgan fingerprint density at radius 1 is 0.371 bits per heavy atom. The first-order chi connectivity index (χ1) is 33.3. The second-order valence-electron chi connectivity index (χ2n) is 19.4. The molecule has 0 radical (unpaired) electrons. The number of benzene rings is 1. The predicted molar refractivity (Wildman–Crippen MR) is 237 cm³/mol. The average molecular weight is 1020 g/mol. The van der Waals surface area contributed by atoms with Crippen LogP contribution in [0.25, 0.3) is 0 Å². The summed E-state index contributed by atoms with van der Waals surface area (Å²) in [6.45, 7) is 0.164. The summed E-state index contributed by atoms with van der Waals surface area (Å²) >= 11 is 0. The van der Waals surface area contributed by atoms with Crippen LogP contribution in [-0.4, -0.2) is 257 Å². The molecule has 20 atom stereocenters. The van der Waals surface area contributed by atoms with Crippen molar-refractivity contribution in [2.45, 2.75) is 188 Å². The summed E-state index contributed by atoms with van der Waals surface area (Å²) in [5.41, 5.74) is -0.690. The van der Waals surface area contributed by atoms with Gasteiger partial charge in [-0.3, -0.25) is 0 Å². The van der Waals surface area contributed by atoms with Gasteiger partial charge in [0.25, 0.3) is 0 Å². The van der Waals surface area contributed by atoms with E-state index in [4.69, 9.17) is 37.9 Å². The molecular formula is C46H78O24. The Hall–Kier alpha value is -1.74. The molecule has 5 rings (SSSR count). The number of hydrogen-bond acceptors (Lipinski definition) is 24. The van der Waals surface area contributed by atoms with Crippen LogP contribution in [0.1, 0.15) is 63.5 Å². The normalized spacial score (nSPS) is 40.1. The topological polar surface area (TPSA) is 398 Å². The number of rotatable bonds is 26. The van der Waals surface area contributed by atoms with Crippen molar-refractivity contribution in [2.75, 3.05) is 52.9 Å². The minimum absolute atomic E-state index is 0.184. The summed E-state index contributed by atoms with van der Waals surface area (Å²) in [5.74, 6) is 0. The first kappa shape index (κ1) is 59.1. The molecule has 0 saturated carbocycles. The highest BCUT2D eigenvalue weighted by Crippen LogP contribution is 2.38. The Balaban J connectivity index is 1.45. The molecule has 0 bridgehead atoms. The van der Waals surface area contributed by atoms with E-state index in [1.807, 2.05) is 38.1 Å². The summed E-state index contributed by atoms with van der Waals surface area (Å²) in [4.78, 5) is 0. The molecule has 8 unspecified atom stereocenters. The summed E-state index contributed by atoms with van der Waals surface area (Å²) in [7, 11) is 0. The van der Waals surface area contributed by atoms with E-state index in [-0.39, 0.29) is 39.3 Å². The lowest BCUT2D eigenvalue weighted by Crippen LogP contribution is -2.60. The van der Waals surface area contributed by atoms with Gasteiger partial charge in [-0.1, -0.05) is 63.8 Å². The lowest BCUT2D eigenvalue weighted by Gasteiger charge is -2.43. The van der Waals surface area contributed by atoms with Crippen LogP contribution in [0.2, 0.25) is 0 Å². The van der Waals surface area contributed by atoms with Crippen LogP contribution in [0.15, 0.2) is 24.3 Å². The number of hydrogen-bond donors (Lipinski definition) is 16. The van der Waals surface area contributed by atoms with E-state index in [0.29, 0.717) is 49.7 Å². The number of ether oxygens (including phenoxy) is 8. The molecule has 0 aliphatic carbocycles. The van der Waals surface area contributed by atoms with Gasteiger partial charge in [-0.2, -0.15) is 0 Å². The highest BCUT2D eigenvalue weighted by Gasteiger charge is 2.50. The van der Waals surface area contributed by atoms with E-state index in [9.17, 15) is 81.7 Å². The van der Waals surface area contributed by atoms with E-state index in [1.165, 1.54) is 0 Å². The van der Waals surface area contributed by atoms with E-state index in [0.717, 1.165) is 0 Å². The molecular weight excluding hydrogens is 936 g/mol. The van der Waals surface area contributed by atoms with Gasteiger partial charge >= 0.3 is 0 Å². The quantitative estimate of drug-likeness (QED) is 0.0411. The van der Waals surface area contributed by atoms with Crippen molar-refractivity contribution in [3.63, 3.8) is 0 Å². The Morgan fingerprint density at radius 2 is 0.600 bits per heavy atom. The second kappa shape index (κ2) is 27.2. The van der Waals surface area contributed by atoms with Gasteiger partial charge in [-0.15, -0.1) is 0 Å². The highest BCUT2D eigenvalue weighted by molar-refractivity contribution is 5.25. The maximum Gasteiger partial charge on any atom is 0.186 e. The fourth-order valence-corrected chi connectivity index (χ4v) is 9.35. The molecule has 0 amide bonds. The lowest BCUT2D eigenvalue weighted by atomic mass is 9.77. The average Bonchev–Trinajstić information content (AvgIpc) is 3.36. The first-order valence-electron chi connectivity index (χ1n) is 24.1. The van der Waals surface area contributed by atoms with Gasteiger partial charge in [0.1, 0.15) is 97.7 Å². The molecule has 4 aliphatic rings. The predicted octanol–water partition coefficient (Wildman–Crippen LogP) is -5.61. The maximum atomic E-state index is 10.9. The number of unbranched alkanes of at least 4 members (excludes halogenated alkanes) is 2. The van der Waals surface area contributed by atoms with Crippen LogP contribution >= 0.6 is 0 Å². The third kappa shape index (κ3) is 14.3. The zero-order valence-corrected chi connectivity index (χ0v) is 39.6. The van der Waals surface area contributed by atoms with Crippen LogP contribution in [0.5, 0.6) is 0 Å². The number of aliphatic hydroxyl groups is 16. The molecule has 4 aliphatic heterocycles. The molecule has 0 aromatic heterocycles. The van der Waals surface area contributed by atoms with Gasteiger partial charge in [-0.25, -0.2) is 0 Å². The minimum Gasteiger partial charge on any atom is -0.394 e. The summed E-state index contributed by atoms with van der Waals surface area (Å²) < 4.78 is 47.1. The fourth-order valence-electron chi connectivity index (χ4n) is 9.35. The van der Waals surface area contributed by atoms with Crippen LogP contribution in [0.4, 0.5) is 0 Å². The van der Waals surface area contributed by atoms with Crippen LogP contribution in [0, 0.1) is 10.8 Å². The van der Waals surface area contributed by atoms with Gasteiger partial charge in [0.15, 0.2) is 25.2 Å². The third-order valence-corrected chi connectivity index (χ3v) is 13.9. The van der Waals surface area contributed by atoms with Crippen LogP contribution < -0.4 is 0 Å². The first-order valence-corrected chi connectivity index (χ1v) is 24.1. The van der Waals surface area contributed by atoms with Crippen molar-refractivity contribution in [3.05, 3.63) is 35.4 Å². The molecule has 4 saturated heterocycles. The van der Waals surface area contributed by atoms with Crippen LogP contribution in [-0.2, 0) is 50.7 Å². The Morgan fingerprint density at radius 3 is 0.800 bits per heavy atom. The Labute approximate surface area is 406 Å². The third-order valence-electron chi connectivity index (χ3n) is 13.9. The molecule has 24 heteroatoms. The van der Waals surface area contributed by atoms with Crippen molar-refractivity contribution in [1.82, 2.24) is 0 Å². The largest absolute Gasteiger partial charge is 0.394 e. The molecule has 24 nitrogen and oxygen atoms in total. The molecule has 4 heterocycles. The smallest absolute Gasteiger partial charge is 0.186 e. The monoisotopic (exact) mass is 1010 g/mol. The second-order valence-corrected chi connectivity index (χ2v) is 19.4. The Kier molecular flexibility index (Phi) is 23.0. The van der Waals surface area contributed by atoms with Gasteiger partial charge in [-0.05, 0) is 36.8 Å². The van der Waals surface area contributed by atoms with E-state index in [2.05, 4.69) is 0 Å². The number of aliphatic hydroxyl groups excluding tert-OH is 16. The summed E-state index contributed by atoms with van der Waals surface area (Å²) in [6.07, 6.45) is -27.8. The standard InChI is InChI=1S/C46H78O24/c1-3-5-11-45(19-63-41-37(59)33(55)29(51)25(15-47)67-41,20-64-42-38(60)34(56)30(52)26(16-48)68-42)13-23-7-9-24(10-8-23)14-46(12-6-4-2,21-65-43-39(61)35(57)31(53)27(17-49)69-43)22-66-44-40(62)36(58)32(54)28(18-50)70-44/h7-10,25-44,47-62H,3-6,11-22H2,1-2H3/t25?,26?,27?,28?,29-,30-,31-,32-,33+,34+,35+,36+,37?,38?,39?,40?,41-,42-,43-,44-,45?,46?/m1/s1. The molecule has 1 aromatic rings.